The second-order valence-electron chi connectivity index (χ2n) is 27.4. The van der Waals surface area contributed by atoms with E-state index in [4.69, 9.17) is 18.9 Å². The average Bonchev–Trinajstić information content (AvgIpc) is 0.793. The topological polar surface area (TPSA) is 228 Å². The number of ether oxygens (including phenoxy) is 4. The molecule has 0 aromatic carbocycles. The number of unbranched alkanes of at least 4 members (excludes halogenated alkanes) is 36. The van der Waals surface area contributed by atoms with Crippen LogP contribution in [0.4, 0.5) is 0 Å². The van der Waals surface area contributed by atoms with E-state index in [0.717, 1.165) is 83.5 Å². The van der Waals surface area contributed by atoms with Crippen LogP contribution < -0.4 is 5.32 Å². The zero-order chi connectivity index (χ0) is 70.1. The van der Waals surface area contributed by atoms with Crippen LogP contribution in [0.25, 0.3) is 0 Å². The zero-order valence-corrected chi connectivity index (χ0v) is 61.3. The highest BCUT2D eigenvalue weighted by atomic mass is 16.7. The maximum atomic E-state index is 13.4. The van der Waals surface area contributed by atoms with Crippen molar-refractivity contribution < 1.29 is 64.6 Å². The molecule has 0 bridgehead atoms. The maximum Gasteiger partial charge on any atom is 0.220 e. The van der Waals surface area contributed by atoms with Gasteiger partial charge in [0.2, 0.25) is 5.91 Å². The minimum Gasteiger partial charge on any atom is -0.394 e. The van der Waals surface area contributed by atoms with E-state index in [1.165, 1.54) is 199 Å². The van der Waals surface area contributed by atoms with E-state index in [9.17, 15) is 45.6 Å². The highest BCUT2D eigenvalue weighted by molar-refractivity contribution is 5.76. The first-order valence-electron chi connectivity index (χ1n) is 39.6. The van der Waals surface area contributed by atoms with Crippen molar-refractivity contribution in [3.63, 3.8) is 0 Å². The summed E-state index contributed by atoms with van der Waals surface area (Å²) in [6.45, 7) is 2.69. The Hall–Kier alpha value is -3.35. The molecule has 2 saturated heterocycles. The van der Waals surface area contributed by atoms with E-state index >= 15 is 0 Å². The van der Waals surface area contributed by atoms with E-state index in [2.05, 4.69) is 116 Å². The van der Waals surface area contributed by atoms with Gasteiger partial charge in [0, 0.05) is 6.42 Å². The molecule has 2 fully saturated rings. The van der Waals surface area contributed by atoms with E-state index in [1.54, 1.807) is 6.08 Å². The van der Waals surface area contributed by atoms with Gasteiger partial charge in [-0.3, -0.25) is 4.79 Å². The fourth-order valence-electron chi connectivity index (χ4n) is 12.4. The number of carbonyl (C=O) groups is 1. The lowest BCUT2D eigenvalue weighted by atomic mass is 9.97. The molecule has 1 amide bonds. The first-order chi connectivity index (χ1) is 47.6. The van der Waals surface area contributed by atoms with Crippen molar-refractivity contribution in [1.29, 1.82) is 0 Å². The molecule has 2 rings (SSSR count). The molecule has 0 aromatic rings. The average molecular weight is 1370 g/mol. The van der Waals surface area contributed by atoms with Gasteiger partial charge in [-0.05, 0) is 96.3 Å². The second-order valence-corrected chi connectivity index (χ2v) is 27.4. The zero-order valence-electron chi connectivity index (χ0n) is 61.3. The Morgan fingerprint density at radius 1 is 0.381 bits per heavy atom. The molecule has 0 spiro atoms. The number of aliphatic hydroxyl groups is 8. The first kappa shape index (κ1) is 89.7. The fourth-order valence-corrected chi connectivity index (χ4v) is 12.4. The summed E-state index contributed by atoms with van der Waals surface area (Å²) in [4.78, 5) is 13.4. The van der Waals surface area contributed by atoms with Gasteiger partial charge in [0.15, 0.2) is 12.6 Å². The number of rotatable bonds is 65. The lowest BCUT2D eigenvalue weighted by Gasteiger charge is -2.46. The summed E-state index contributed by atoms with van der Waals surface area (Å²) in [5, 5.41) is 87.6. The first-order valence-corrected chi connectivity index (χ1v) is 39.6. The van der Waals surface area contributed by atoms with Crippen molar-refractivity contribution in [3.8, 4) is 0 Å². The molecular weight excluding hydrogens is 1220 g/mol. The minimum atomic E-state index is -1.80. The van der Waals surface area contributed by atoms with Crippen LogP contribution in [0.5, 0.6) is 0 Å². The molecule has 0 radical (unpaired) electrons. The van der Waals surface area contributed by atoms with Crippen LogP contribution in [0.1, 0.15) is 316 Å². The Morgan fingerprint density at radius 2 is 0.722 bits per heavy atom. The predicted octanol–water partition coefficient (Wildman–Crippen LogP) is 17.9. The van der Waals surface area contributed by atoms with E-state index < -0.39 is 86.8 Å². The van der Waals surface area contributed by atoms with Crippen LogP contribution in [0.15, 0.2) is 109 Å². The molecule has 0 saturated carbocycles. The standard InChI is InChI=1S/C83H145NO13/c1-3-5-7-9-11-13-15-17-19-21-23-25-27-29-31-33-34-35-36-37-38-39-41-43-45-47-49-51-53-55-57-59-61-63-65-67-75(88)84-71(70-94-82-80(93)78(91)81(74(69-86)96-82)97-83-79(92)77(90)76(89)73(68-85)95-83)72(87)66-64-62-60-58-56-54-52-50-48-46-44-42-40-32-30-28-26-24-22-20-18-16-14-12-10-8-6-4-2/h5,7,11,13,17,19,23,25,29,31,34-35,48,50,56,58,64,66,71-74,76-83,85-87,89-93H,3-4,6,8-10,12,14-16,18,20-22,24,26-28,30,32-33,36-47,49,51-55,57,59-63,65,67-70H2,1-2H3,(H,84,88)/b7-5-,13-11-,19-17-,25-23-,31-29-,35-34-,50-48+,58-56+,66-64+. The number of aliphatic hydroxyl groups excluding tert-OH is 8. The second kappa shape index (κ2) is 65.9. The van der Waals surface area contributed by atoms with Crippen LogP contribution in [-0.2, 0) is 23.7 Å². The highest BCUT2D eigenvalue weighted by Gasteiger charge is 2.51. The molecule has 97 heavy (non-hydrogen) atoms. The quantitative estimate of drug-likeness (QED) is 0.0204. The molecule has 9 N–H and O–H groups in total. The summed E-state index contributed by atoms with van der Waals surface area (Å²) in [5.74, 6) is -0.253. The monoisotopic (exact) mass is 1360 g/mol. The molecular formula is C83H145NO13. The third-order valence-corrected chi connectivity index (χ3v) is 18.7. The lowest BCUT2D eigenvalue weighted by molar-refractivity contribution is -0.359. The van der Waals surface area contributed by atoms with Gasteiger partial charge >= 0.3 is 0 Å². The van der Waals surface area contributed by atoms with Gasteiger partial charge in [-0.1, -0.05) is 322 Å². The summed E-state index contributed by atoms with van der Waals surface area (Å²) < 4.78 is 22.9. The van der Waals surface area contributed by atoms with Crippen molar-refractivity contribution in [1.82, 2.24) is 5.32 Å². The molecule has 14 nitrogen and oxygen atoms in total. The number of carbonyl (C=O) groups excluding carboxylic acids is 1. The van der Waals surface area contributed by atoms with Crippen molar-refractivity contribution >= 4 is 5.91 Å². The molecule has 560 valence electrons. The minimum absolute atomic E-state index is 0.253. The Labute approximate surface area is 591 Å². The van der Waals surface area contributed by atoms with Crippen LogP contribution in [0.3, 0.4) is 0 Å². The SMILES string of the molecule is CC/C=C\C/C=C\C/C=C\C/C=C\C/C=C\C/C=C\CCCCCCCCCCCCCCCCCCC(=O)NC(COC1OC(CO)C(OC2OC(CO)C(O)C(O)C2O)C(O)C1O)C(O)/C=C/CC/C=C/CC/C=C/CCCCCCCCCCCCCCCCCCCC. The van der Waals surface area contributed by atoms with Crippen molar-refractivity contribution in [3.05, 3.63) is 109 Å². The summed E-state index contributed by atoms with van der Waals surface area (Å²) >= 11 is 0. The van der Waals surface area contributed by atoms with Crippen molar-refractivity contribution in [2.45, 2.75) is 389 Å². The summed E-state index contributed by atoms with van der Waals surface area (Å²) in [7, 11) is 0. The Kier molecular flexibility index (Phi) is 61.0. The highest BCUT2D eigenvalue weighted by Crippen LogP contribution is 2.30. The largest absolute Gasteiger partial charge is 0.394 e. The maximum absolute atomic E-state index is 13.4. The van der Waals surface area contributed by atoms with Crippen LogP contribution >= 0.6 is 0 Å². The normalized spacial score (nSPS) is 22.7. The molecule has 14 heteroatoms. The molecule has 12 unspecified atom stereocenters. The molecule has 2 heterocycles. The number of hydrogen-bond donors (Lipinski definition) is 9. The van der Waals surface area contributed by atoms with Gasteiger partial charge in [-0.2, -0.15) is 0 Å². The lowest BCUT2D eigenvalue weighted by Crippen LogP contribution is -2.65. The van der Waals surface area contributed by atoms with Gasteiger partial charge in [-0.25, -0.2) is 0 Å². The van der Waals surface area contributed by atoms with Crippen LogP contribution in [0, 0.1) is 0 Å². The van der Waals surface area contributed by atoms with Gasteiger partial charge < -0.3 is 65.1 Å². The van der Waals surface area contributed by atoms with Gasteiger partial charge in [0.25, 0.3) is 0 Å². The summed E-state index contributed by atoms with van der Waals surface area (Å²) in [6, 6.07) is -0.946. The van der Waals surface area contributed by atoms with Crippen molar-refractivity contribution in [2.75, 3.05) is 19.8 Å². The van der Waals surface area contributed by atoms with Gasteiger partial charge in [0.1, 0.15) is 48.8 Å². The summed E-state index contributed by atoms with van der Waals surface area (Å²) in [5.41, 5.74) is 0. The molecule has 2 aliphatic heterocycles. The smallest absolute Gasteiger partial charge is 0.220 e. The van der Waals surface area contributed by atoms with E-state index in [-0.39, 0.29) is 18.9 Å². The molecule has 12 atom stereocenters. The molecule has 0 aliphatic carbocycles. The third kappa shape index (κ3) is 49.0. The van der Waals surface area contributed by atoms with Gasteiger partial charge in [-0.15, -0.1) is 0 Å². The van der Waals surface area contributed by atoms with Crippen LogP contribution in [-0.4, -0.2) is 140 Å². The van der Waals surface area contributed by atoms with Crippen LogP contribution in [0.2, 0.25) is 0 Å². The number of allylic oxidation sites excluding steroid dienone is 17. The fraction of sp³-hybridized carbons (Fsp3) is 0.771. The number of amides is 1. The number of hydrogen-bond acceptors (Lipinski definition) is 13. The Bertz CT molecular complexity index is 2050. The summed E-state index contributed by atoms with van der Waals surface area (Å²) in [6.07, 6.45) is 78.8. The molecule has 0 aromatic heterocycles. The number of nitrogens with one attached hydrogen (secondary N) is 1. The predicted molar refractivity (Wildman–Crippen MR) is 401 cm³/mol. The van der Waals surface area contributed by atoms with Gasteiger partial charge in [0.05, 0.1) is 32.0 Å². The van der Waals surface area contributed by atoms with E-state index in [0.29, 0.717) is 12.8 Å². The Balaban J connectivity index is 1.64. The van der Waals surface area contributed by atoms with E-state index in [1.807, 2.05) is 6.08 Å². The Morgan fingerprint density at radius 3 is 1.13 bits per heavy atom. The third-order valence-electron chi connectivity index (χ3n) is 18.7. The van der Waals surface area contributed by atoms with Crippen molar-refractivity contribution in [2.24, 2.45) is 0 Å². The molecule has 2 aliphatic rings.